The second kappa shape index (κ2) is 7.59. The smallest absolute Gasteiger partial charge is 0.302 e. The molecule has 3 aromatic carbocycles. The Morgan fingerprint density at radius 3 is 2.28 bits per heavy atom. The van der Waals surface area contributed by atoms with Gasteiger partial charge >= 0.3 is 4.87 Å². The van der Waals surface area contributed by atoms with E-state index in [0.29, 0.717) is 4.70 Å². The molecule has 1 aromatic heterocycles. The SMILES string of the molecule is Cc1ccc([C@H](NS(=O)(=O)c2ccc3c(c2)sc(=O)n3C)c2ccccc2)cc1. The minimum absolute atomic E-state index is 0.121. The first kappa shape index (κ1) is 19.6. The fraction of sp³-hybridized carbons (Fsp3) is 0.136. The molecule has 1 heterocycles. The largest absolute Gasteiger partial charge is 0.307 e. The zero-order valence-electron chi connectivity index (χ0n) is 16.0. The molecular weight excluding hydrogens is 404 g/mol. The van der Waals surface area contributed by atoms with Gasteiger partial charge in [0.05, 0.1) is 21.2 Å². The highest BCUT2D eigenvalue weighted by Crippen LogP contribution is 2.27. The van der Waals surface area contributed by atoms with Crippen molar-refractivity contribution < 1.29 is 8.42 Å². The Hall–Kier alpha value is -2.74. The topological polar surface area (TPSA) is 68.2 Å². The molecule has 0 saturated carbocycles. The predicted molar refractivity (Wildman–Crippen MR) is 117 cm³/mol. The number of fused-ring (bicyclic) bond motifs is 1. The maximum absolute atomic E-state index is 13.2. The van der Waals surface area contributed by atoms with Crippen molar-refractivity contribution in [3.63, 3.8) is 0 Å². The van der Waals surface area contributed by atoms with Gasteiger partial charge in [0.2, 0.25) is 10.0 Å². The Labute approximate surface area is 173 Å². The maximum atomic E-state index is 13.2. The summed E-state index contributed by atoms with van der Waals surface area (Å²) >= 11 is 1.04. The first-order valence-electron chi connectivity index (χ1n) is 9.08. The molecule has 0 spiro atoms. The zero-order chi connectivity index (χ0) is 20.6. The molecule has 0 saturated heterocycles. The van der Waals surface area contributed by atoms with Crippen molar-refractivity contribution in [1.82, 2.24) is 9.29 Å². The molecule has 7 heteroatoms. The summed E-state index contributed by atoms with van der Waals surface area (Å²) in [5, 5.41) is 0. The summed E-state index contributed by atoms with van der Waals surface area (Å²) in [6.45, 7) is 1.99. The predicted octanol–water partition coefficient (Wildman–Crippen LogP) is 3.98. The summed E-state index contributed by atoms with van der Waals surface area (Å²) in [6, 6.07) is 21.5. The molecule has 0 amide bonds. The standard InChI is InChI=1S/C22H20N2O3S2/c1-15-8-10-17(11-9-15)21(16-6-4-3-5-7-16)23-29(26,27)18-12-13-19-20(14-18)28-22(25)24(19)2/h3-14,21,23H,1-2H3/t21-/m1/s1. The van der Waals surface area contributed by atoms with Crippen molar-refractivity contribution in [2.24, 2.45) is 7.05 Å². The van der Waals surface area contributed by atoms with Gasteiger partial charge < -0.3 is 4.57 Å². The molecule has 29 heavy (non-hydrogen) atoms. The van der Waals surface area contributed by atoms with Crippen LogP contribution in [0.5, 0.6) is 0 Å². The third kappa shape index (κ3) is 3.89. The minimum atomic E-state index is -3.82. The van der Waals surface area contributed by atoms with Crippen LogP contribution in [0, 0.1) is 6.92 Å². The minimum Gasteiger partial charge on any atom is -0.302 e. The lowest BCUT2D eigenvalue weighted by molar-refractivity contribution is 0.572. The molecule has 0 unspecified atom stereocenters. The van der Waals surface area contributed by atoms with E-state index < -0.39 is 16.1 Å². The van der Waals surface area contributed by atoms with Gasteiger partial charge in [0.15, 0.2) is 0 Å². The number of aromatic nitrogens is 1. The van der Waals surface area contributed by atoms with E-state index in [1.165, 1.54) is 10.6 Å². The normalized spacial score (nSPS) is 12.9. The van der Waals surface area contributed by atoms with E-state index in [2.05, 4.69) is 4.72 Å². The fourth-order valence-corrected chi connectivity index (χ4v) is 5.47. The fourth-order valence-electron chi connectivity index (χ4n) is 3.24. The average Bonchev–Trinajstić information content (AvgIpc) is 3.01. The Morgan fingerprint density at radius 2 is 1.59 bits per heavy atom. The summed E-state index contributed by atoms with van der Waals surface area (Å²) in [4.78, 5) is 11.9. The van der Waals surface area contributed by atoms with Gasteiger partial charge in [-0.05, 0) is 36.2 Å². The molecule has 1 atom stereocenters. The van der Waals surface area contributed by atoms with Gasteiger partial charge in [-0.15, -0.1) is 0 Å². The first-order chi connectivity index (χ1) is 13.8. The second-order valence-electron chi connectivity index (χ2n) is 6.93. The maximum Gasteiger partial charge on any atom is 0.307 e. The Balaban J connectivity index is 1.76. The quantitative estimate of drug-likeness (QED) is 0.527. The highest BCUT2D eigenvalue weighted by Gasteiger charge is 2.23. The van der Waals surface area contributed by atoms with Crippen molar-refractivity contribution in [2.45, 2.75) is 17.9 Å². The van der Waals surface area contributed by atoms with Gasteiger partial charge in [-0.2, -0.15) is 4.72 Å². The van der Waals surface area contributed by atoms with Crippen molar-refractivity contribution >= 4 is 31.6 Å². The van der Waals surface area contributed by atoms with E-state index >= 15 is 0 Å². The highest BCUT2D eigenvalue weighted by atomic mass is 32.2. The molecule has 1 N–H and O–H groups in total. The summed E-state index contributed by atoms with van der Waals surface area (Å²) in [6.07, 6.45) is 0. The van der Waals surface area contributed by atoms with E-state index in [9.17, 15) is 13.2 Å². The van der Waals surface area contributed by atoms with Crippen LogP contribution in [0.3, 0.4) is 0 Å². The summed E-state index contributed by atoms with van der Waals surface area (Å²) in [5.41, 5.74) is 3.53. The van der Waals surface area contributed by atoms with Crippen molar-refractivity contribution in [1.29, 1.82) is 0 Å². The van der Waals surface area contributed by atoms with Crippen LogP contribution >= 0.6 is 11.3 Å². The molecule has 0 aliphatic rings. The van der Waals surface area contributed by atoms with E-state index in [4.69, 9.17) is 0 Å². The number of benzene rings is 3. The molecule has 0 bridgehead atoms. The Morgan fingerprint density at radius 1 is 0.931 bits per heavy atom. The van der Waals surface area contributed by atoms with Crippen molar-refractivity contribution in [2.75, 3.05) is 0 Å². The number of aryl methyl sites for hydroxylation is 2. The van der Waals surface area contributed by atoms with E-state index in [0.717, 1.165) is 33.5 Å². The molecular formula is C22H20N2O3S2. The van der Waals surface area contributed by atoms with Crippen molar-refractivity contribution in [3.8, 4) is 0 Å². The van der Waals surface area contributed by atoms with E-state index in [1.807, 2.05) is 61.5 Å². The molecule has 5 nitrogen and oxygen atoms in total. The van der Waals surface area contributed by atoms with Crippen molar-refractivity contribution in [3.05, 3.63) is 99.2 Å². The lowest BCUT2D eigenvalue weighted by Crippen LogP contribution is -2.29. The lowest BCUT2D eigenvalue weighted by atomic mass is 9.99. The number of hydrogen-bond donors (Lipinski definition) is 1. The third-order valence-electron chi connectivity index (χ3n) is 4.89. The number of hydrogen-bond acceptors (Lipinski definition) is 4. The van der Waals surface area contributed by atoms with Gasteiger partial charge in [-0.3, -0.25) is 4.79 Å². The summed E-state index contributed by atoms with van der Waals surface area (Å²) in [5.74, 6) is 0. The van der Waals surface area contributed by atoms with Gasteiger partial charge in [0.1, 0.15) is 0 Å². The first-order valence-corrected chi connectivity index (χ1v) is 11.4. The third-order valence-corrected chi connectivity index (χ3v) is 7.31. The second-order valence-corrected chi connectivity index (χ2v) is 9.64. The number of rotatable bonds is 5. The number of nitrogens with zero attached hydrogens (tertiary/aromatic N) is 1. The Bertz CT molecular complexity index is 1320. The van der Waals surface area contributed by atoms with Crippen LogP contribution in [-0.4, -0.2) is 13.0 Å². The monoisotopic (exact) mass is 424 g/mol. The lowest BCUT2D eigenvalue weighted by Gasteiger charge is -2.20. The van der Waals surface area contributed by atoms with E-state index in [1.54, 1.807) is 19.2 Å². The average molecular weight is 425 g/mol. The van der Waals surface area contributed by atoms with Gasteiger partial charge in [-0.1, -0.05) is 71.5 Å². The number of nitrogens with one attached hydrogen (secondary N) is 1. The molecule has 0 aliphatic heterocycles. The number of thiazole rings is 1. The van der Waals surface area contributed by atoms with E-state index in [-0.39, 0.29) is 9.77 Å². The van der Waals surface area contributed by atoms with Crippen LogP contribution in [-0.2, 0) is 17.1 Å². The number of sulfonamides is 1. The zero-order valence-corrected chi connectivity index (χ0v) is 17.6. The summed E-state index contributed by atoms with van der Waals surface area (Å²) < 4.78 is 31.4. The van der Waals surface area contributed by atoms with Crippen LogP contribution < -0.4 is 9.60 Å². The van der Waals surface area contributed by atoms with Crippen LogP contribution in [0.25, 0.3) is 10.2 Å². The molecule has 0 fully saturated rings. The van der Waals surface area contributed by atoms with Gasteiger partial charge in [-0.25, -0.2) is 8.42 Å². The van der Waals surface area contributed by atoms with Gasteiger partial charge in [0, 0.05) is 7.05 Å². The molecule has 0 aliphatic carbocycles. The van der Waals surface area contributed by atoms with Crippen LogP contribution in [0.2, 0.25) is 0 Å². The summed E-state index contributed by atoms with van der Waals surface area (Å²) in [7, 11) is -2.14. The Kier molecular flexibility index (Phi) is 5.12. The molecule has 4 rings (SSSR count). The molecule has 0 radical (unpaired) electrons. The van der Waals surface area contributed by atoms with Crippen LogP contribution in [0.4, 0.5) is 0 Å². The van der Waals surface area contributed by atoms with Crippen LogP contribution in [0.1, 0.15) is 22.7 Å². The molecule has 4 aromatic rings. The van der Waals surface area contributed by atoms with Gasteiger partial charge in [0.25, 0.3) is 0 Å². The molecule has 148 valence electrons. The van der Waals surface area contributed by atoms with Crippen LogP contribution in [0.15, 0.2) is 82.5 Å². The highest BCUT2D eigenvalue weighted by molar-refractivity contribution is 7.89.